The van der Waals surface area contributed by atoms with E-state index in [4.69, 9.17) is 0 Å². The van der Waals surface area contributed by atoms with Crippen molar-refractivity contribution in [3.63, 3.8) is 0 Å². The van der Waals surface area contributed by atoms with E-state index in [1.54, 1.807) is 6.07 Å². The Morgan fingerprint density at radius 2 is 2.06 bits per heavy atom. The quantitative estimate of drug-likeness (QED) is 0.630. The van der Waals surface area contributed by atoms with Gasteiger partial charge in [0.05, 0.1) is 0 Å². The lowest BCUT2D eigenvalue weighted by molar-refractivity contribution is 0.771. The van der Waals surface area contributed by atoms with Crippen LogP contribution in [-0.2, 0) is 0 Å². The smallest absolute Gasteiger partial charge is 0.272 e. The second kappa shape index (κ2) is 4.13. The van der Waals surface area contributed by atoms with Crippen LogP contribution in [0.4, 0.5) is 0 Å². The minimum atomic E-state index is -0.109. The molecule has 16 heavy (non-hydrogen) atoms. The summed E-state index contributed by atoms with van der Waals surface area (Å²) in [7, 11) is 0. The van der Waals surface area contributed by atoms with Gasteiger partial charge in [0.15, 0.2) is 11.0 Å². The number of aryl methyl sites for hydroxylation is 2. The number of rotatable bonds is 2. The summed E-state index contributed by atoms with van der Waals surface area (Å²) in [5.74, 6) is 0.579. The first-order valence-corrected chi connectivity index (χ1v) is 6.01. The van der Waals surface area contributed by atoms with Crippen LogP contribution < -0.4 is 5.56 Å². The van der Waals surface area contributed by atoms with Crippen molar-refractivity contribution in [2.24, 2.45) is 0 Å². The molecule has 2 heterocycles. The largest absolute Gasteiger partial charge is 0.294 e. The van der Waals surface area contributed by atoms with E-state index in [9.17, 15) is 4.79 Å². The Labute approximate surface area is 96.9 Å². The molecule has 5 nitrogen and oxygen atoms in total. The predicted molar refractivity (Wildman–Crippen MR) is 63.2 cm³/mol. The van der Waals surface area contributed by atoms with Gasteiger partial charge in [0.2, 0.25) is 0 Å². The minimum Gasteiger partial charge on any atom is -0.294 e. The molecule has 2 aromatic heterocycles. The van der Waals surface area contributed by atoms with Crippen molar-refractivity contribution in [2.45, 2.75) is 19.0 Å². The Bertz CT molecular complexity index is 572. The Kier molecular flexibility index (Phi) is 2.82. The molecule has 0 fully saturated rings. The molecule has 84 valence electrons. The SMILES string of the molecule is CSc1nc(C)cc(-n2[nH]c(C)cc2=O)n1. The normalized spacial score (nSPS) is 10.7. The molecule has 1 N–H and O–H groups in total. The van der Waals surface area contributed by atoms with Gasteiger partial charge in [-0.15, -0.1) is 0 Å². The first-order valence-electron chi connectivity index (χ1n) is 4.79. The molecule has 0 aromatic carbocycles. The van der Waals surface area contributed by atoms with Gasteiger partial charge < -0.3 is 0 Å². The van der Waals surface area contributed by atoms with E-state index in [1.165, 1.54) is 22.5 Å². The molecular weight excluding hydrogens is 224 g/mol. The van der Waals surface area contributed by atoms with Crippen LogP contribution in [0.5, 0.6) is 0 Å². The van der Waals surface area contributed by atoms with E-state index in [-0.39, 0.29) is 5.56 Å². The molecule has 0 unspecified atom stereocenters. The fraction of sp³-hybridized carbons (Fsp3) is 0.300. The molecule has 2 aromatic rings. The Morgan fingerprint density at radius 3 is 2.62 bits per heavy atom. The fourth-order valence-electron chi connectivity index (χ4n) is 1.41. The molecule has 0 aliphatic carbocycles. The average molecular weight is 236 g/mol. The summed E-state index contributed by atoms with van der Waals surface area (Å²) < 4.78 is 1.42. The van der Waals surface area contributed by atoms with Crippen LogP contribution in [0.2, 0.25) is 0 Å². The summed E-state index contributed by atoms with van der Waals surface area (Å²) in [5, 5.41) is 3.61. The van der Waals surface area contributed by atoms with Gasteiger partial charge in [-0.3, -0.25) is 9.89 Å². The van der Waals surface area contributed by atoms with Gasteiger partial charge >= 0.3 is 0 Å². The van der Waals surface area contributed by atoms with Crippen LogP contribution in [0.15, 0.2) is 22.1 Å². The minimum absolute atomic E-state index is 0.109. The first kappa shape index (κ1) is 10.9. The van der Waals surface area contributed by atoms with Gasteiger partial charge in [-0.1, -0.05) is 11.8 Å². The van der Waals surface area contributed by atoms with E-state index in [2.05, 4.69) is 15.1 Å². The van der Waals surface area contributed by atoms with Gasteiger partial charge in [0, 0.05) is 23.5 Å². The molecule has 0 amide bonds. The Morgan fingerprint density at radius 1 is 1.31 bits per heavy atom. The topological polar surface area (TPSA) is 63.6 Å². The highest BCUT2D eigenvalue weighted by Crippen LogP contribution is 2.11. The van der Waals surface area contributed by atoms with Crippen LogP contribution in [0.1, 0.15) is 11.4 Å². The third-order valence-corrected chi connectivity index (χ3v) is 2.63. The zero-order chi connectivity index (χ0) is 11.7. The van der Waals surface area contributed by atoms with Gasteiger partial charge in [-0.05, 0) is 20.1 Å². The number of nitrogens with one attached hydrogen (secondary N) is 1. The first-order chi connectivity index (χ1) is 7.60. The van der Waals surface area contributed by atoms with Gasteiger partial charge in [-0.2, -0.15) is 0 Å². The number of nitrogens with zero attached hydrogens (tertiary/aromatic N) is 3. The van der Waals surface area contributed by atoms with E-state index in [0.29, 0.717) is 11.0 Å². The monoisotopic (exact) mass is 236 g/mol. The molecule has 0 saturated heterocycles. The van der Waals surface area contributed by atoms with Gasteiger partial charge in [0.25, 0.3) is 5.56 Å². The van der Waals surface area contributed by atoms with Crippen LogP contribution in [0.25, 0.3) is 5.82 Å². The highest BCUT2D eigenvalue weighted by atomic mass is 32.2. The zero-order valence-corrected chi connectivity index (χ0v) is 10.1. The molecule has 0 atom stereocenters. The highest BCUT2D eigenvalue weighted by molar-refractivity contribution is 7.98. The molecule has 0 spiro atoms. The number of aromatic nitrogens is 4. The lowest BCUT2D eigenvalue weighted by Gasteiger charge is -2.03. The summed E-state index contributed by atoms with van der Waals surface area (Å²) >= 11 is 1.45. The third-order valence-electron chi connectivity index (χ3n) is 2.08. The summed E-state index contributed by atoms with van der Waals surface area (Å²) in [5.41, 5.74) is 1.54. The number of H-pyrrole nitrogens is 1. The van der Waals surface area contributed by atoms with Crippen molar-refractivity contribution in [1.29, 1.82) is 0 Å². The van der Waals surface area contributed by atoms with Crippen molar-refractivity contribution in [2.75, 3.05) is 6.26 Å². The standard InChI is InChI=1S/C10H12N4OS/c1-6-4-8(12-10(11-6)16-3)14-9(15)5-7(2)13-14/h4-5,13H,1-3H3. The van der Waals surface area contributed by atoms with E-state index >= 15 is 0 Å². The molecule has 0 radical (unpaired) electrons. The fourth-order valence-corrected chi connectivity index (χ4v) is 1.83. The van der Waals surface area contributed by atoms with Crippen LogP contribution in [0.3, 0.4) is 0 Å². The lowest BCUT2D eigenvalue weighted by Crippen LogP contribution is -2.15. The number of thioether (sulfide) groups is 1. The lowest BCUT2D eigenvalue weighted by atomic mass is 10.4. The van der Waals surface area contributed by atoms with Crippen molar-refractivity contribution in [1.82, 2.24) is 19.7 Å². The molecule has 0 aliphatic rings. The van der Waals surface area contributed by atoms with Crippen molar-refractivity contribution < 1.29 is 0 Å². The maximum Gasteiger partial charge on any atom is 0.272 e. The van der Waals surface area contributed by atoms with Crippen LogP contribution in [0, 0.1) is 13.8 Å². The number of hydrogen-bond donors (Lipinski definition) is 1. The third kappa shape index (κ3) is 2.01. The maximum atomic E-state index is 11.6. The van der Waals surface area contributed by atoms with Gasteiger partial charge in [-0.25, -0.2) is 14.6 Å². The predicted octanol–water partition coefficient (Wildman–Crippen LogP) is 1.29. The molecular formula is C10H12N4OS. The van der Waals surface area contributed by atoms with Crippen molar-refractivity contribution in [3.8, 4) is 5.82 Å². The molecule has 2 rings (SSSR count). The van der Waals surface area contributed by atoms with E-state index < -0.39 is 0 Å². The number of hydrogen-bond acceptors (Lipinski definition) is 4. The molecule has 0 aliphatic heterocycles. The summed E-state index contributed by atoms with van der Waals surface area (Å²) in [6.45, 7) is 3.72. The maximum absolute atomic E-state index is 11.6. The summed E-state index contributed by atoms with van der Waals surface area (Å²) in [4.78, 5) is 20.1. The second-order valence-corrected chi connectivity index (χ2v) is 4.24. The zero-order valence-electron chi connectivity index (χ0n) is 9.31. The second-order valence-electron chi connectivity index (χ2n) is 3.47. The molecule has 6 heteroatoms. The summed E-state index contributed by atoms with van der Waals surface area (Å²) in [6.07, 6.45) is 1.90. The molecule has 0 bridgehead atoms. The average Bonchev–Trinajstić information content (AvgIpc) is 2.57. The van der Waals surface area contributed by atoms with Crippen LogP contribution >= 0.6 is 11.8 Å². The highest BCUT2D eigenvalue weighted by Gasteiger charge is 2.06. The van der Waals surface area contributed by atoms with Crippen LogP contribution in [-0.4, -0.2) is 26.0 Å². The van der Waals surface area contributed by atoms with Gasteiger partial charge in [0.1, 0.15) is 0 Å². The number of aromatic amines is 1. The Hall–Kier alpha value is -1.56. The molecule has 0 saturated carbocycles. The van der Waals surface area contributed by atoms with E-state index in [1.807, 2.05) is 20.1 Å². The van der Waals surface area contributed by atoms with E-state index in [0.717, 1.165) is 11.4 Å². The van der Waals surface area contributed by atoms with Crippen molar-refractivity contribution in [3.05, 3.63) is 33.9 Å². The summed E-state index contributed by atoms with van der Waals surface area (Å²) in [6, 6.07) is 3.31. The van der Waals surface area contributed by atoms with Crippen molar-refractivity contribution >= 4 is 11.8 Å². The Balaban J connectivity index is 2.59.